The van der Waals surface area contributed by atoms with Crippen LogP contribution in [0.2, 0.25) is 0 Å². The van der Waals surface area contributed by atoms with Crippen LogP contribution in [0.1, 0.15) is 24.3 Å². The minimum atomic E-state index is 0.442. The van der Waals surface area contributed by atoms with Gasteiger partial charge in [0.25, 0.3) is 0 Å². The van der Waals surface area contributed by atoms with E-state index in [9.17, 15) is 0 Å². The molecule has 14 heavy (non-hydrogen) atoms. The lowest BCUT2D eigenvalue weighted by molar-refractivity contribution is 0.269. The van der Waals surface area contributed by atoms with Gasteiger partial charge < -0.3 is 10.5 Å². The monoisotopic (exact) mass is 207 g/mol. The summed E-state index contributed by atoms with van der Waals surface area (Å²) in [5.41, 5.74) is 6.81. The first-order chi connectivity index (χ1) is 6.77. The molecule has 2 nitrogen and oxygen atoms in total. The van der Waals surface area contributed by atoms with Crippen LogP contribution in [0.4, 0.5) is 0 Å². The predicted octanol–water partition coefficient (Wildman–Crippen LogP) is 2.23. The highest BCUT2D eigenvalue weighted by Gasteiger charge is 2.21. The molecule has 2 rings (SSSR count). The first-order valence-electron chi connectivity index (χ1n) is 4.77. The van der Waals surface area contributed by atoms with Gasteiger partial charge in [0, 0.05) is 6.42 Å². The molecule has 1 unspecified atom stereocenters. The van der Waals surface area contributed by atoms with Crippen molar-refractivity contribution in [3.63, 3.8) is 0 Å². The van der Waals surface area contributed by atoms with Crippen molar-refractivity contribution in [1.29, 1.82) is 0 Å². The molecule has 1 atom stereocenters. The largest absolute Gasteiger partial charge is 0.493 e. The molecule has 0 aliphatic carbocycles. The van der Waals surface area contributed by atoms with Crippen LogP contribution < -0.4 is 10.5 Å². The van der Waals surface area contributed by atoms with Crippen LogP contribution in [0.3, 0.4) is 0 Å². The second kappa shape index (κ2) is 3.96. The van der Waals surface area contributed by atoms with E-state index >= 15 is 0 Å². The number of para-hydroxylation sites is 1. The van der Waals surface area contributed by atoms with Gasteiger partial charge >= 0.3 is 0 Å². The average Bonchev–Trinajstić information content (AvgIpc) is 2.18. The fourth-order valence-corrected chi connectivity index (χ4v) is 2.07. The highest BCUT2D eigenvalue weighted by Crippen LogP contribution is 2.35. The maximum absolute atomic E-state index is 5.57. The maximum Gasteiger partial charge on any atom is 0.122 e. The minimum absolute atomic E-state index is 0.442. The smallest absolute Gasteiger partial charge is 0.122 e. The van der Waals surface area contributed by atoms with E-state index in [2.05, 4.69) is 6.07 Å². The molecule has 1 aromatic carbocycles. The van der Waals surface area contributed by atoms with Crippen molar-refractivity contribution in [3.8, 4) is 5.75 Å². The van der Waals surface area contributed by atoms with Gasteiger partial charge in [0.2, 0.25) is 0 Å². The SMILES string of the molecule is NC(=S)CC1CCOc2ccccc21. The normalized spacial score (nSPS) is 19.6. The summed E-state index contributed by atoms with van der Waals surface area (Å²) in [5, 5.41) is 0. The van der Waals surface area contributed by atoms with Gasteiger partial charge in [0.1, 0.15) is 5.75 Å². The third-order valence-electron chi connectivity index (χ3n) is 2.53. The minimum Gasteiger partial charge on any atom is -0.493 e. The van der Waals surface area contributed by atoms with Gasteiger partial charge in [0.15, 0.2) is 0 Å². The highest BCUT2D eigenvalue weighted by atomic mass is 32.1. The fourth-order valence-electron chi connectivity index (χ4n) is 1.87. The second-order valence-electron chi connectivity index (χ2n) is 3.54. The topological polar surface area (TPSA) is 35.2 Å². The zero-order valence-corrected chi connectivity index (χ0v) is 8.72. The van der Waals surface area contributed by atoms with Crippen molar-refractivity contribution in [2.75, 3.05) is 6.61 Å². The molecule has 0 saturated heterocycles. The molecule has 3 heteroatoms. The van der Waals surface area contributed by atoms with Gasteiger partial charge in [-0.25, -0.2) is 0 Å². The first-order valence-corrected chi connectivity index (χ1v) is 5.18. The molecule has 0 fully saturated rings. The Bertz CT molecular complexity index is 351. The van der Waals surface area contributed by atoms with Crippen molar-refractivity contribution in [1.82, 2.24) is 0 Å². The molecule has 0 radical (unpaired) electrons. The third kappa shape index (κ3) is 1.87. The molecule has 74 valence electrons. The van der Waals surface area contributed by atoms with Crippen LogP contribution in [-0.4, -0.2) is 11.6 Å². The summed E-state index contributed by atoms with van der Waals surface area (Å²) in [5.74, 6) is 1.43. The molecular weight excluding hydrogens is 194 g/mol. The number of thiocarbonyl (C=S) groups is 1. The van der Waals surface area contributed by atoms with Crippen molar-refractivity contribution in [3.05, 3.63) is 29.8 Å². The zero-order valence-electron chi connectivity index (χ0n) is 7.90. The van der Waals surface area contributed by atoms with E-state index < -0.39 is 0 Å². The van der Waals surface area contributed by atoms with E-state index in [1.165, 1.54) is 5.56 Å². The van der Waals surface area contributed by atoms with Crippen LogP contribution in [0, 0.1) is 0 Å². The summed E-state index contributed by atoms with van der Waals surface area (Å²) in [6.45, 7) is 0.768. The standard InChI is InChI=1S/C11H13NOS/c12-11(14)7-8-5-6-13-10-4-2-1-3-9(8)10/h1-4,8H,5-7H2,(H2,12,14). The number of rotatable bonds is 2. The van der Waals surface area contributed by atoms with E-state index in [4.69, 9.17) is 22.7 Å². The van der Waals surface area contributed by atoms with Gasteiger partial charge in [-0.1, -0.05) is 30.4 Å². The molecule has 2 N–H and O–H groups in total. The maximum atomic E-state index is 5.57. The summed E-state index contributed by atoms with van der Waals surface area (Å²) in [6.07, 6.45) is 1.80. The van der Waals surface area contributed by atoms with Crippen molar-refractivity contribution < 1.29 is 4.74 Å². The number of hydrogen-bond acceptors (Lipinski definition) is 2. The summed E-state index contributed by atoms with van der Waals surface area (Å²) in [6, 6.07) is 8.11. The van der Waals surface area contributed by atoms with E-state index in [-0.39, 0.29) is 0 Å². The Kier molecular flexibility index (Phi) is 2.68. The lowest BCUT2D eigenvalue weighted by Crippen LogP contribution is -2.19. The Balaban J connectivity index is 2.26. The molecule has 1 aliphatic heterocycles. The zero-order chi connectivity index (χ0) is 9.97. The Morgan fingerprint density at radius 3 is 3.07 bits per heavy atom. The van der Waals surface area contributed by atoms with Gasteiger partial charge in [-0.3, -0.25) is 0 Å². The molecule has 1 aromatic rings. The summed E-state index contributed by atoms with van der Waals surface area (Å²) >= 11 is 4.94. The van der Waals surface area contributed by atoms with Crippen LogP contribution in [0.15, 0.2) is 24.3 Å². The van der Waals surface area contributed by atoms with Crippen LogP contribution in [0.5, 0.6) is 5.75 Å². The molecule has 0 spiro atoms. The number of benzene rings is 1. The van der Waals surface area contributed by atoms with Gasteiger partial charge in [-0.15, -0.1) is 0 Å². The number of fused-ring (bicyclic) bond motifs is 1. The van der Waals surface area contributed by atoms with Crippen LogP contribution in [-0.2, 0) is 0 Å². The second-order valence-corrected chi connectivity index (χ2v) is 4.07. The average molecular weight is 207 g/mol. The lowest BCUT2D eigenvalue weighted by Gasteiger charge is -2.25. The highest BCUT2D eigenvalue weighted by molar-refractivity contribution is 7.80. The Hall–Kier alpha value is -1.09. The quantitative estimate of drug-likeness (QED) is 0.755. The fraction of sp³-hybridized carbons (Fsp3) is 0.364. The van der Waals surface area contributed by atoms with Crippen molar-refractivity contribution in [2.24, 2.45) is 5.73 Å². The van der Waals surface area contributed by atoms with Crippen LogP contribution in [0.25, 0.3) is 0 Å². The molecule has 0 bridgehead atoms. The van der Waals surface area contributed by atoms with Gasteiger partial charge in [-0.05, 0) is 24.0 Å². The van der Waals surface area contributed by atoms with Crippen molar-refractivity contribution >= 4 is 17.2 Å². The Morgan fingerprint density at radius 2 is 2.29 bits per heavy atom. The molecule has 1 heterocycles. The lowest BCUT2D eigenvalue weighted by atomic mass is 9.90. The van der Waals surface area contributed by atoms with Gasteiger partial charge in [-0.2, -0.15) is 0 Å². The number of ether oxygens (including phenoxy) is 1. The summed E-state index contributed by atoms with van der Waals surface area (Å²) < 4.78 is 5.55. The molecule has 1 aliphatic rings. The van der Waals surface area contributed by atoms with E-state index in [1.54, 1.807) is 0 Å². The third-order valence-corrected chi connectivity index (χ3v) is 2.70. The Labute approximate surface area is 89.1 Å². The molecular formula is C11H13NOS. The molecule has 0 aromatic heterocycles. The first kappa shape index (κ1) is 9.46. The summed E-state index contributed by atoms with van der Waals surface area (Å²) in [7, 11) is 0. The van der Waals surface area contributed by atoms with Crippen molar-refractivity contribution in [2.45, 2.75) is 18.8 Å². The Morgan fingerprint density at radius 1 is 1.50 bits per heavy atom. The molecule has 0 amide bonds. The van der Waals surface area contributed by atoms with Crippen LogP contribution >= 0.6 is 12.2 Å². The number of hydrogen-bond donors (Lipinski definition) is 1. The van der Waals surface area contributed by atoms with Gasteiger partial charge in [0.05, 0.1) is 11.6 Å². The van der Waals surface area contributed by atoms with E-state index in [0.717, 1.165) is 25.2 Å². The van der Waals surface area contributed by atoms with E-state index in [0.29, 0.717) is 10.9 Å². The summed E-state index contributed by atoms with van der Waals surface area (Å²) in [4.78, 5) is 0.590. The van der Waals surface area contributed by atoms with E-state index in [1.807, 2.05) is 18.2 Å². The predicted molar refractivity (Wildman–Crippen MR) is 60.7 cm³/mol. The number of nitrogens with two attached hydrogens (primary N) is 1. The molecule has 0 saturated carbocycles.